The minimum Gasteiger partial charge on any atom is -0.493 e. The highest BCUT2D eigenvalue weighted by Gasteiger charge is 2.51. The second-order valence-corrected chi connectivity index (χ2v) is 6.55. The number of hydrogen-bond acceptors (Lipinski definition) is 4. The number of nitrogens with zero attached hydrogens (tertiary/aromatic N) is 1. The number of benzene rings is 1. The van der Waals surface area contributed by atoms with Crippen LogP contribution in [0, 0.1) is 0 Å². The van der Waals surface area contributed by atoms with Gasteiger partial charge in [0, 0.05) is 13.1 Å². The first-order valence-corrected chi connectivity index (χ1v) is 8.07. The van der Waals surface area contributed by atoms with E-state index in [1.165, 1.54) is 16.7 Å². The monoisotopic (exact) mass is 301 g/mol. The molecule has 4 rings (SSSR count). The second kappa shape index (κ2) is 5.00. The molecule has 0 bridgehead atoms. The Morgan fingerprint density at radius 1 is 1.18 bits per heavy atom. The molecule has 1 N–H and O–H groups in total. The molecule has 1 spiro atoms. The molecule has 118 valence electrons. The van der Waals surface area contributed by atoms with Gasteiger partial charge >= 0.3 is 0 Å². The van der Waals surface area contributed by atoms with Crippen molar-refractivity contribution in [3.8, 4) is 11.5 Å². The van der Waals surface area contributed by atoms with Crippen molar-refractivity contribution in [2.45, 2.75) is 37.3 Å². The number of hydrogen-bond donors (Lipinski definition) is 1. The highest BCUT2D eigenvalue weighted by Crippen LogP contribution is 2.53. The standard InChI is InChI=1S/C18H23NO3/c1-21-16-9-12-5-7-19-8-6-13-3-4-14(20)11-18(13,19)15(12)10-17(16)22-2/h6,9-10,14,20H,3-5,7-8,11H2,1-2H3/t14-,18-/m0/s1. The van der Waals surface area contributed by atoms with Crippen molar-refractivity contribution in [3.63, 3.8) is 0 Å². The Balaban J connectivity index is 1.91. The van der Waals surface area contributed by atoms with Crippen LogP contribution in [0.1, 0.15) is 30.4 Å². The van der Waals surface area contributed by atoms with Crippen LogP contribution < -0.4 is 9.47 Å². The first kappa shape index (κ1) is 14.1. The van der Waals surface area contributed by atoms with Gasteiger partial charge in [-0.25, -0.2) is 0 Å². The first-order chi connectivity index (χ1) is 10.7. The third-order valence-corrected chi connectivity index (χ3v) is 5.61. The first-order valence-electron chi connectivity index (χ1n) is 8.07. The number of aliphatic hydroxyl groups is 1. The number of fused-ring (bicyclic) bond motifs is 1. The molecular formula is C18H23NO3. The highest BCUT2D eigenvalue weighted by molar-refractivity contribution is 5.55. The summed E-state index contributed by atoms with van der Waals surface area (Å²) in [6, 6.07) is 4.26. The fourth-order valence-electron chi connectivity index (χ4n) is 4.59. The van der Waals surface area contributed by atoms with Crippen molar-refractivity contribution in [2.24, 2.45) is 0 Å². The molecule has 2 heterocycles. The van der Waals surface area contributed by atoms with Crippen LogP contribution in [0.5, 0.6) is 11.5 Å². The molecule has 2 aliphatic heterocycles. The predicted molar refractivity (Wildman–Crippen MR) is 84.4 cm³/mol. The zero-order chi connectivity index (χ0) is 15.3. The molecule has 2 atom stereocenters. The van der Waals surface area contributed by atoms with Gasteiger partial charge in [0.1, 0.15) is 0 Å². The van der Waals surface area contributed by atoms with E-state index in [4.69, 9.17) is 9.47 Å². The Bertz CT molecular complexity index is 639. The van der Waals surface area contributed by atoms with Crippen LogP contribution in [0.25, 0.3) is 0 Å². The summed E-state index contributed by atoms with van der Waals surface area (Å²) in [6.07, 6.45) is 5.83. The zero-order valence-electron chi connectivity index (χ0n) is 13.3. The van der Waals surface area contributed by atoms with Gasteiger partial charge in [-0.15, -0.1) is 0 Å². The molecule has 0 unspecified atom stereocenters. The summed E-state index contributed by atoms with van der Waals surface area (Å²) in [5.41, 5.74) is 3.99. The van der Waals surface area contributed by atoms with E-state index in [0.29, 0.717) is 0 Å². The lowest BCUT2D eigenvalue weighted by atomic mass is 9.69. The minimum absolute atomic E-state index is 0.120. The molecule has 22 heavy (non-hydrogen) atoms. The lowest BCUT2D eigenvalue weighted by Gasteiger charge is -2.49. The van der Waals surface area contributed by atoms with Crippen molar-refractivity contribution in [3.05, 3.63) is 34.9 Å². The number of aliphatic hydroxyl groups excluding tert-OH is 1. The van der Waals surface area contributed by atoms with E-state index in [2.05, 4.69) is 23.1 Å². The number of methoxy groups -OCH3 is 2. The molecule has 1 saturated carbocycles. The van der Waals surface area contributed by atoms with E-state index in [-0.39, 0.29) is 11.6 Å². The van der Waals surface area contributed by atoms with Gasteiger partial charge in [-0.05, 0) is 54.5 Å². The van der Waals surface area contributed by atoms with Crippen molar-refractivity contribution in [2.75, 3.05) is 27.3 Å². The van der Waals surface area contributed by atoms with Crippen LogP contribution in [0.3, 0.4) is 0 Å². The van der Waals surface area contributed by atoms with E-state index in [0.717, 1.165) is 50.3 Å². The van der Waals surface area contributed by atoms with Crippen LogP contribution in [0.4, 0.5) is 0 Å². The maximum absolute atomic E-state index is 10.3. The smallest absolute Gasteiger partial charge is 0.161 e. The van der Waals surface area contributed by atoms with Crippen LogP contribution in [-0.4, -0.2) is 43.4 Å². The molecule has 1 fully saturated rings. The topological polar surface area (TPSA) is 41.9 Å². The van der Waals surface area contributed by atoms with Crippen molar-refractivity contribution in [1.29, 1.82) is 0 Å². The molecule has 0 saturated heterocycles. The Morgan fingerprint density at radius 2 is 1.95 bits per heavy atom. The molecule has 4 heteroatoms. The second-order valence-electron chi connectivity index (χ2n) is 6.55. The van der Waals surface area contributed by atoms with Crippen LogP contribution in [-0.2, 0) is 12.0 Å². The fraction of sp³-hybridized carbons (Fsp3) is 0.556. The van der Waals surface area contributed by atoms with Gasteiger partial charge in [-0.2, -0.15) is 0 Å². The van der Waals surface area contributed by atoms with Gasteiger partial charge in [0.25, 0.3) is 0 Å². The minimum atomic E-state index is -0.225. The quantitative estimate of drug-likeness (QED) is 0.851. The maximum Gasteiger partial charge on any atom is 0.161 e. The van der Waals surface area contributed by atoms with Gasteiger partial charge in [0.15, 0.2) is 11.5 Å². The summed E-state index contributed by atoms with van der Waals surface area (Å²) >= 11 is 0. The summed E-state index contributed by atoms with van der Waals surface area (Å²) in [5.74, 6) is 1.58. The summed E-state index contributed by atoms with van der Waals surface area (Å²) in [7, 11) is 3.37. The van der Waals surface area contributed by atoms with Crippen LogP contribution in [0.2, 0.25) is 0 Å². The van der Waals surface area contributed by atoms with Crippen molar-refractivity contribution >= 4 is 0 Å². The van der Waals surface area contributed by atoms with Crippen molar-refractivity contribution < 1.29 is 14.6 Å². The van der Waals surface area contributed by atoms with E-state index in [1.807, 2.05) is 0 Å². The largest absolute Gasteiger partial charge is 0.493 e. The van der Waals surface area contributed by atoms with E-state index in [1.54, 1.807) is 14.2 Å². The van der Waals surface area contributed by atoms with Crippen LogP contribution in [0.15, 0.2) is 23.8 Å². The average molecular weight is 301 g/mol. The van der Waals surface area contributed by atoms with Gasteiger partial charge in [-0.3, -0.25) is 4.90 Å². The van der Waals surface area contributed by atoms with Gasteiger partial charge < -0.3 is 14.6 Å². The maximum atomic E-state index is 10.3. The molecule has 4 nitrogen and oxygen atoms in total. The Morgan fingerprint density at radius 3 is 2.73 bits per heavy atom. The van der Waals surface area contributed by atoms with Gasteiger partial charge in [0.2, 0.25) is 0 Å². The Kier molecular flexibility index (Phi) is 3.20. The lowest BCUT2D eigenvalue weighted by Crippen LogP contribution is -2.52. The zero-order valence-corrected chi connectivity index (χ0v) is 13.3. The normalized spacial score (nSPS) is 30.1. The molecule has 0 amide bonds. The lowest BCUT2D eigenvalue weighted by molar-refractivity contribution is 0.0362. The third kappa shape index (κ3) is 1.77. The highest BCUT2D eigenvalue weighted by atomic mass is 16.5. The Labute approximate surface area is 131 Å². The number of ether oxygens (including phenoxy) is 2. The molecule has 3 aliphatic rings. The third-order valence-electron chi connectivity index (χ3n) is 5.61. The molecule has 1 aromatic rings. The summed E-state index contributed by atoms with van der Waals surface area (Å²) in [5, 5.41) is 10.3. The molecule has 0 radical (unpaired) electrons. The average Bonchev–Trinajstić information content (AvgIpc) is 2.92. The SMILES string of the molecule is COc1cc2c(cc1OC)[C@]13C[C@@H](O)CCC1=CCN3CC2. The predicted octanol–water partition coefficient (Wildman–Crippen LogP) is 2.24. The number of rotatable bonds is 2. The van der Waals surface area contributed by atoms with Gasteiger partial charge in [0.05, 0.1) is 25.9 Å². The molecule has 1 aliphatic carbocycles. The van der Waals surface area contributed by atoms with E-state index >= 15 is 0 Å². The molecule has 1 aromatic carbocycles. The summed E-state index contributed by atoms with van der Waals surface area (Å²) < 4.78 is 11.0. The van der Waals surface area contributed by atoms with E-state index in [9.17, 15) is 5.11 Å². The van der Waals surface area contributed by atoms with Crippen molar-refractivity contribution in [1.82, 2.24) is 4.90 Å². The van der Waals surface area contributed by atoms with Gasteiger partial charge in [-0.1, -0.05) is 6.08 Å². The van der Waals surface area contributed by atoms with Crippen LogP contribution >= 0.6 is 0 Å². The molecular weight excluding hydrogens is 278 g/mol. The van der Waals surface area contributed by atoms with E-state index < -0.39 is 0 Å². The fourth-order valence-corrected chi connectivity index (χ4v) is 4.59. The summed E-state index contributed by atoms with van der Waals surface area (Å²) in [4.78, 5) is 2.53. The Hall–Kier alpha value is -1.52. The molecule has 0 aromatic heterocycles. The summed E-state index contributed by atoms with van der Waals surface area (Å²) in [6.45, 7) is 2.03.